The number of ether oxygens (including phenoxy) is 1. The molecule has 0 amide bonds. The van der Waals surface area contributed by atoms with E-state index in [1.165, 1.54) is 5.56 Å². The molecule has 0 aliphatic carbocycles. The van der Waals surface area contributed by atoms with E-state index >= 15 is 0 Å². The zero-order valence-corrected chi connectivity index (χ0v) is 11.3. The van der Waals surface area contributed by atoms with Gasteiger partial charge in [-0.1, -0.05) is 24.3 Å². The summed E-state index contributed by atoms with van der Waals surface area (Å²) in [7, 11) is 1.67. The third-order valence-corrected chi connectivity index (χ3v) is 3.15. The fraction of sp³-hybridized carbons (Fsp3) is 0.118. The summed E-state index contributed by atoms with van der Waals surface area (Å²) >= 11 is 0. The Morgan fingerprint density at radius 1 is 1.10 bits per heavy atom. The summed E-state index contributed by atoms with van der Waals surface area (Å²) in [6, 6.07) is 21.0. The van der Waals surface area contributed by atoms with E-state index < -0.39 is 0 Å². The molecular weight excluding hydrogens is 248 g/mol. The van der Waals surface area contributed by atoms with Gasteiger partial charge in [-0.25, -0.2) is 4.98 Å². The minimum Gasteiger partial charge on any atom is -0.497 e. The van der Waals surface area contributed by atoms with Gasteiger partial charge in [0.25, 0.3) is 0 Å². The Balaban J connectivity index is 1.72. The van der Waals surface area contributed by atoms with Crippen LogP contribution < -0.4 is 10.1 Å². The monoisotopic (exact) mass is 263 g/mol. The van der Waals surface area contributed by atoms with Crippen molar-refractivity contribution in [3.63, 3.8) is 0 Å². The summed E-state index contributed by atoms with van der Waals surface area (Å²) < 4.78 is 5.14. The Kier molecular flexibility index (Phi) is 3.50. The van der Waals surface area contributed by atoms with Gasteiger partial charge in [-0.2, -0.15) is 0 Å². The highest BCUT2D eigenvalue weighted by Gasteiger charge is 1.99. The lowest BCUT2D eigenvalue weighted by Gasteiger charge is -2.07. The van der Waals surface area contributed by atoms with Crippen molar-refractivity contribution in [1.82, 2.24) is 4.98 Å². The van der Waals surface area contributed by atoms with Crippen LogP contribution in [0, 0.1) is 6.07 Å². The summed E-state index contributed by atoms with van der Waals surface area (Å²) in [4.78, 5) is 4.56. The third-order valence-electron chi connectivity index (χ3n) is 3.15. The van der Waals surface area contributed by atoms with Crippen LogP contribution in [0.3, 0.4) is 0 Å². The Hall–Kier alpha value is -2.55. The number of fused-ring (bicyclic) bond motifs is 1. The Morgan fingerprint density at radius 3 is 2.75 bits per heavy atom. The number of pyridine rings is 1. The van der Waals surface area contributed by atoms with Crippen LogP contribution in [-0.4, -0.2) is 12.1 Å². The van der Waals surface area contributed by atoms with Crippen molar-refractivity contribution in [1.29, 1.82) is 0 Å². The quantitative estimate of drug-likeness (QED) is 0.780. The molecule has 1 heterocycles. The van der Waals surface area contributed by atoms with Crippen LogP contribution in [0.4, 0.5) is 5.82 Å². The van der Waals surface area contributed by atoms with E-state index in [1.807, 2.05) is 54.6 Å². The normalized spacial score (nSPS) is 10.4. The summed E-state index contributed by atoms with van der Waals surface area (Å²) in [6.07, 6.45) is 0. The molecule has 1 radical (unpaired) electrons. The molecule has 3 heteroatoms. The fourth-order valence-corrected chi connectivity index (χ4v) is 2.04. The summed E-state index contributed by atoms with van der Waals surface area (Å²) in [5, 5.41) is 4.35. The number of rotatable bonds is 4. The van der Waals surface area contributed by atoms with Gasteiger partial charge in [0.1, 0.15) is 11.6 Å². The van der Waals surface area contributed by atoms with E-state index in [0.717, 1.165) is 29.0 Å². The Bertz CT molecular complexity index is 708. The Labute approximate surface area is 118 Å². The van der Waals surface area contributed by atoms with Crippen LogP contribution in [0.2, 0.25) is 0 Å². The van der Waals surface area contributed by atoms with Gasteiger partial charge >= 0.3 is 0 Å². The van der Waals surface area contributed by atoms with Crippen LogP contribution >= 0.6 is 0 Å². The maximum Gasteiger partial charge on any atom is 0.126 e. The number of nitrogens with one attached hydrogen (secondary N) is 1. The standard InChI is InChI=1S/C17H15N2O/c1-20-15-9-6-13(7-10-15)12-18-17-11-8-14-4-2-3-5-16(14)19-17/h2-3,5-11H,12H2,1H3,(H,18,19). The van der Waals surface area contributed by atoms with Crippen molar-refractivity contribution in [3.8, 4) is 5.75 Å². The first-order chi connectivity index (χ1) is 9.85. The number of hydrogen-bond acceptors (Lipinski definition) is 3. The molecule has 3 nitrogen and oxygen atoms in total. The van der Waals surface area contributed by atoms with Gasteiger partial charge in [-0.05, 0) is 42.0 Å². The maximum atomic E-state index is 5.14. The molecule has 0 saturated heterocycles. The van der Waals surface area contributed by atoms with Crippen LogP contribution in [0.15, 0.2) is 54.6 Å². The molecule has 3 aromatic rings. The predicted octanol–water partition coefficient (Wildman–Crippen LogP) is 3.66. The first-order valence-electron chi connectivity index (χ1n) is 6.49. The van der Waals surface area contributed by atoms with Crippen molar-refractivity contribution in [2.24, 2.45) is 0 Å². The molecule has 1 N–H and O–H groups in total. The van der Waals surface area contributed by atoms with Crippen molar-refractivity contribution in [2.45, 2.75) is 6.54 Å². The predicted molar refractivity (Wildman–Crippen MR) is 80.9 cm³/mol. The van der Waals surface area contributed by atoms with Gasteiger partial charge in [-0.15, -0.1) is 0 Å². The fourth-order valence-electron chi connectivity index (χ4n) is 2.04. The topological polar surface area (TPSA) is 34.1 Å². The van der Waals surface area contributed by atoms with Crippen LogP contribution in [-0.2, 0) is 6.54 Å². The molecule has 0 bridgehead atoms. The second-order valence-corrected chi connectivity index (χ2v) is 4.50. The third kappa shape index (κ3) is 2.72. The molecule has 3 rings (SSSR count). The summed E-state index contributed by atoms with van der Waals surface area (Å²) in [5.41, 5.74) is 2.14. The molecule has 2 aromatic carbocycles. The van der Waals surface area contributed by atoms with E-state index in [0.29, 0.717) is 0 Å². The molecule has 0 unspecified atom stereocenters. The zero-order valence-electron chi connectivity index (χ0n) is 11.3. The van der Waals surface area contributed by atoms with Crippen molar-refractivity contribution in [2.75, 3.05) is 12.4 Å². The lowest BCUT2D eigenvalue weighted by atomic mass is 10.2. The van der Waals surface area contributed by atoms with Crippen molar-refractivity contribution < 1.29 is 4.74 Å². The van der Waals surface area contributed by atoms with Gasteiger partial charge in [0.15, 0.2) is 0 Å². The maximum absolute atomic E-state index is 5.14. The van der Waals surface area contributed by atoms with Gasteiger partial charge in [0.05, 0.1) is 12.6 Å². The first kappa shape index (κ1) is 12.5. The number of methoxy groups -OCH3 is 1. The van der Waals surface area contributed by atoms with Crippen LogP contribution in [0.5, 0.6) is 5.75 Å². The average molecular weight is 263 g/mol. The minimum absolute atomic E-state index is 0.735. The lowest BCUT2D eigenvalue weighted by molar-refractivity contribution is 0.414. The molecule has 0 aliphatic heterocycles. The smallest absolute Gasteiger partial charge is 0.126 e. The van der Waals surface area contributed by atoms with E-state index in [-0.39, 0.29) is 0 Å². The highest BCUT2D eigenvalue weighted by molar-refractivity contribution is 5.79. The van der Waals surface area contributed by atoms with E-state index in [4.69, 9.17) is 4.74 Å². The molecule has 20 heavy (non-hydrogen) atoms. The van der Waals surface area contributed by atoms with Gasteiger partial charge in [0, 0.05) is 11.9 Å². The summed E-state index contributed by atoms with van der Waals surface area (Å²) in [5.74, 6) is 1.74. The number of benzene rings is 2. The lowest BCUT2D eigenvalue weighted by Crippen LogP contribution is -2.01. The molecule has 1 aromatic heterocycles. The van der Waals surface area contributed by atoms with E-state index in [2.05, 4.69) is 16.4 Å². The molecular formula is C17H15N2O. The molecule has 0 aliphatic rings. The van der Waals surface area contributed by atoms with Crippen molar-refractivity contribution in [3.05, 3.63) is 66.2 Å². The average Bonchev–Trinajstić information content (AvgIpc) is 2.53. The molecule has 0 saturated carbocycles. The van der Waals surface area contributed by atoms with E-state index in [1.54, 1.807) is 7.11 Å². The second-order valence-electron chi connectivity index (χ2n) is 4.50. The van der Waals surface area contributed by atoms with Gasteiger partial charge < -0.3 is 10.1 Å². The molecule has 0 fully saturated rings. The first-order valence-corrected chi connectivity index (χ1v) is 6.49. The largest absolute Gasteiger partial charge is 0.497 e. The zero-order chi connectivity index (χ0) is 13.8. The van der Waals surface area contributed by atoms with E-state index in [9.17, 15) is 0 Å². The van der Waals surface area contributed by atoms with Crippen molar-refractivity contribution >= 4 is 16.7 Å². The number of hydrogen-bond donors (Lipinski definition) is 1. The number of aromatic nitrogens is 1. The Morgan fingerprint density at radius 2 is 1.95 bits per heavy atom. The SMILES string of the molecule is COc1ccc(CNc2ccc3[c]cccc3n2)cc1. The second kappa shape index (κ2) is 5.61. The highest BCUT2D eigenvalue weighted by atomic mass is 16.5. The minimum atomic E-state index is 0.735. The summed E-state index contributed by atoms with van der Waals surface area (Å²) in [6.45, 7) is 0.735. The number of nitrogens with zero attached hydrogens (tertiary/aromatic N) is 1. The molecule has 0 spiro atoms. The van der Waals surface area contributed by atoms with Gasteiger partial charge in [0.2, 0.25) is 0 Å². The highest BCUT2D eigenvalue weighted by Crippen LogP contribution is 2.16. The van der Waals surface area contributed by atoms with Crippen LogP contribution in [0.1, 0.15) is 5.56 Å². The van der Waals surface area contributed by atoms with Gasteiger partial charge in [-0.3, -0.25) is 0 Å². The molecule has 0 atom stereocenters. The molecule has 99 valence electrons. The van der Waals surface area contributed by atoms with Crippen LogP contribution in [0.25, 0.3) is 10.9 Å². The number of anilines is 1.